The Labute approximate surface area is 164 Å². The molecular formula is C19H17FN2O3S2. The van der Waals surface area contributed by atoms with Crippen molar-refractivity contribution in [2.45, 2.75) is 13.0 Å². The minimum atomic E-state index is -0.523. The SMILES string of the molecule is CN(Cc1ccccc1F)C(=O)COC(=O)Cc1csc(-c2ccsc2)n1. The molecule has 0 bridgehead atoms. The van der Waals surface area contributed by atoms with Crippen LogP contribution in [0.15, 0.2) is 46.5 Å². The van der Waals surface area contributed by atoms with Crippen LogP contribution >= 0.6 is 22.7 Å². The summed E-state index contributed by atoms with van der Waals surface area (Å²) in [5, 5.41) is 6.61. The van der Waals surface area contributed by atoms with Crippen molar-refractivity contribution in [2.75, 3.05) is 13.7 Å². The van der Waals surface area contributed by atoms with E-state index in [1.165, 1.54) is 29.4 Å². The van der Waals surface area contributed by atoms with Crippen molar-refractivity contribution >= 4 is 34.6 Å². The molecule has 2 heterocycles. The molecule has 140 valence electrons. The third-order valence-corrected chi connectivity index (χ3v) is 5.42. The first kappa shape index (κ1) is 19.2. The van der Waals surface area contributed by atoms with Crippen LogP contribution in [0.25, 0.3) is 10.6 Å². The van der Waals surface area contributed by atoms with Crippen molar-refractivity contribution in [2.24, 2.45) is 0 Å². The number of likely N-dealkylation sites (N-methyl/N-ethyl adjacent to an activating group) is 1. The smallest absolute Gasteiger partial charge is 0.312 e. The van der Waals surface area contributed by atoms with Gasteiger partial charge in [0.25, 0.3) is 5.91 Å². The van der Waals surface area contributed by atoms with Gasteiger partial charge in [0.1, 0.15) is 10.8 Å². The predicted molar refractivity (Wildman–Crippen MR) is 103 cm³/mol. The molecule has 1 amide bonds. The number of esters is 1. The monoisotopic (exact) mass is 404 g/mol. The van der Waals surface area contributed by atoms with Crippen molar-refractivity contribution in [3.8, 4) is 10.6 Å². The second-order valence-corrected chi connectivity index (χ2v) is 7.47. The van der Waals surface area contributed by atoms with Crippen LogP contribution in [0.1, 0.15) is 11.3 Å². The number of aromatic nitrogens is 1. The fourth-order valence-corrected chi connectivity index (χ4v) is 3.86. The Morgan fingerprint density at radius 3 is 2.78 bits per heavy atom. The molecule has 0 aliphatic rings. The number of rotatable bonds is 7. The number of ether oxygens (including phenoxy) is 1. The summed E-state index contributed by atoms with van der Waals surface area (Å²) in [4.78, 5) is 29.8. The molecule has 0 atom stereocenters. The molecular weight excluding hydrogens is 387 g/mol. The molecule has 0 saturated heterocycles. The summed E-state index contributed by atoms with van der Waals surface area (Å²) >= 11 is 3.04. The van der Waals surface area contributed by atoms with Gasteiger partial charge in [-0.2, -0.15) is 11.3 Å². The highest BCUT2D eigenvalue weighted by Crippen LogP contribution is 2.25. The molecule has 5 nitrogen and oxygen atoms in total. The van der Waals surface area contributed by atoms with Crippen LogP contribution in [-0.2, 0) is 27.3 Å². The number of hydrogen-bond donors (Lipinski definition) is 0. The Kier molecular flexibility index (Phi) is 6.31. The molecule has 0 N–H and O–H groups in total. The summed E-state index contributed by atoms with van der Waals surface area (Å²) < 4.78 is 18.7. The zero-order valence-electron chi connectivity index (χ0n) is 14.6. The molecule has 3 aromatic rings. The molecule has 0 aliphatic carbocycles. The molecule has 0 aliphatic heterocycles. The Hall–Kier alpha value is -2.58. The van der Waals surface area contributed by atoms with Crippen LogP contribution in [0.4, 0.5) is 4.39 Å². The first-order chi connectivity index (χ1) is 13.0. The van der Waals surface area contributed by atoms with E-state index in [2.05, 4.69) is 4.98 Å². The van der Waals surface area contributed by atoms with Gasteiger partial charge in [0, 0.05) is 35.5 Å². The highest BCUT2D eigenvalue weighted by atomic mass is 32.1. The Morgan fingerprint density at radius 1 is 1.22 bits per heavy atom. The van der Waals surface area contributed by atoms with Crippen LogP contribution in [-0.4, -0.2) is 35.4 Å². The maximum absolute atomic E-state index is 13.6. The van der Waals surface area contributed by atoms with Gasteiger partial charge in [-0.3, -0.25) is 9.59 Å². The Bertz CT molecular complexity index is 925. The summed E-state index contributed by atoms with van der Waals surface area (Å²) in [5.41, 5.74) is 2.04. The fraction of sp³-hybridized carbons (Fsp3) is 0.211. The van der Waals surface area contributed by atoms with E-state index in [4.69, 9.17) is 4.74 Å². The van der Waals surface area contributed by atoms with Gasteiger partial charge in [0.05, 0.1) is 12.1 Å². The van der Waals surface area contributed by atoms with Crippen LogP contribution in [0.3, 0.4) is 0 Å². The number of amides is 1. The van der Waals surface area contributed by atoms with Crippen LogP contribution in [0, 0.1) is 5.82 Å². The quantitative estimate of drug-likeness (QED) is 0.563. The Morgan fingerprint density at radius 2 is 2.04 bits per heavy atom. The minimum absolute atomic E-state index is 0.00491. The lowest BCUT2D eigenvalue weighted by atomic mass is 10.2. The molecule has 8 heteroatoms. The molecule has 1 aromatic carbocycles. The van der Waals surface area contributed by atoms with E-state index in [0.29, 0.717) is 11.3 Å². The highest BCUT2D eigenvalue weighted by molar-refractivity contribution is 7.14. The maximum Gasteiger partial charge on any atom is 0.312 e. The molecule has 2 aromatic heterocycles. The van der Waals surface area contributed by atoms with Gasteiger partial charge in [0.2, 0.25) is 0 Å². The van der Waals surface area contributed by atoms with Gasteiger partial charge in [0.15, 0.2) is 6.61 Å². The van der Waals surface area contributed by atoms with E-state index < -0.39 is 11.9 Å². The number of hydrogen-bond acceptors (Lipinski definition) is 6. The van der Waals surface area contributed by atoms with E-state index in [0.717, 1.165) is 10.6 Å². The lowest BCUT2D eigenvalue weighted by Crippen LogP contribution is -2.31. The summed E-state index contributed by atoms with van der Waals surface area (Å²) in [5.74, 6) is -1.30. The average Bonchev–Trinajstić information content (AvgIpc) is 3.33. The predicted octanol–water partition coefficient (Wildman–Crippen LogP) is 3.76. The molecule has 27 heavy (non-hydrogen) atoms. The van der Waals surface area contributed by atoms with Gasteiger partial charge in [-0.05, 0) is 17.5 Å². The normalized spacial score (nSPS) is 10.6. The number of carbonyl (C=O) groups is 2. The van der Waals surface area contributed by atoms with E-state index in [-0.39, 0.29) is 25.4 Å². The molecule has 0 saturated carbocycles. The maximum atomic E-state index is 13.6. The lowest BCUT2D eigenvalue weighted by Gasteiger charge is -2.17. The number of halogens is 1. The standard InChI is InChI=1S/C19H17FN2O3S2/c1-22(9-13-4-2-3-5-16(13)20)17(23)10-25-18(24)8-15-12-27-19(21-15)14-6-7-26-11-14/h2-7,11-12H,8-10H2,1H3. The van der Waals surface area contributed by atoms with E-state index in [9.17, 15) is 14.0 Å². The molecule has 0 unspecified atom stereocenters. The summed E-state index contributed by atoms with van der Waals surface area (Å²) in [6.07, 6.45) is 0.00491. The number of thiazole rings is 1. The van der Waals surface area contributed by atoms with Crippen molar-refractivity contribution < 1.29 is 18.7 Å². The first-order valence-corrected chi connectivity index (χ1v) is 9.95. The van der Waals surface area contributed by atoms with Crippen molar-refractivity contribution in [3.63, 3.8) is 0 Å². The highest BCUT2D eigenvalue weighted by Gasteiger charge is 2.15. The lowest BCUT2D eigenvalue weighted by molar-refractivity contribution is -0.151. The molecule has 0 spiro atoms. The summed E-state index contributed by atoms with van der Waals surface area (Å²) in [6.45, 7) is -0.273. The molecule has 0 fully saturated rings. The van der Waals surface area contributed by atoms with Crippen LogP contribution < -0.4 is 0 Å². The third-order valence-electron chi connectivity index (χ3n) is 3.79. The fourth-order valence-electron chi connectivity index (χ4n) is 2.33. The summed E-state index contributed by atoms with van der Waals surface area (Å²) in [6, 6.07) is 8.21. The largest absolute Gasteiger partial charge is 0.455 e. The minimum Gasteiger partial charge on any atom is -0.455 e. The first-order valence-electron chi connectivity index (χ1n) is 8.13. The van der Waals surface area contributed by atoms with Crippen molar-refractivity contribution in [1.29, 1.82) is 0 Å². The van der Waals surface area contributed by atoms with Crippen molar-refractivity contribution in [3.05, 3.63) is 63.5 Å². The number of benzene rings is 1. The van der Waals surface area contributed by atoms with Gasteiger partial charge in [-0.1, -0.05) is 18.2 Å². The van der Waals surface area contributed by atoms with E-state index >= 15 is 0 Å². The Balaban J connectivity index is 1.47. The summed E-state index contributed by atoms with van der Waals surface area (Å²) in [7, 11) is 1.54. The van der Waals surface area contributed by atoms with Crippen LogP contribution in [0.2, 0.25) is 0 Å². The average molecular weight is 404 g/mol. The van der Waals surface area contributed by atoms with E-state index in [1.807, 2.05) is 16.8 Å². The number of nitrogens with zero attached hydrogens (tertiary/aromatic N) is 2. The second-order valence-electron chi connectivity index (χ2n) is 5.83. The second kappa shape index (κ2) is 8.88. The zero-order valence-corrected chi connectivity index (χ0v) is 16.2. The molecule has 3 rings (SSSR count). The molecule has 0 radical (unpaired) electrons. The topological polar surface area (TPSA) is 59.5 Å². The zero-order chi connectivity index (χ0) is 19.2. The van der Waals surface area contributed by atoms with E-state index in [1.54, 1.807) is 34.9 Å². The number of carbonyl (C=O) groups excluding carboxylic acids is 2. The van der Waals surface area contributed by atoms with Gasteiger partial charge in [-0.25, -0.2) is 9.37 Å². The van der Waals surface area contributed by atoms with Gasteiger partial charge >= 0.3 is 5.97 Å². The van der Waals surface area contributed by atoms with Crippen molar-refractivity contribution in [1.82, 2.24) is 9.88 Å². The van der Waals surface area contributed by atoms with Crippen LogP contribution in [0.5, 0.6) is 0 Å². The van der Waals surface area contributed by atoms with Gasteiger partial charge < -0.3 is 9.64 Å². The third kappa shape index (κ3) is 5.21. The number of thiophene rings is 1. The van der Waals surface area contributed by atoms with Gasteiger partial charge in [-0.15, -0.1) is 11.3 Å².